The molecule has 98 valence electrons. The average Bonchev–Trinajstić information content (AvgIpc) is 2.38. The van der Waals surface area contributed by atoms with Crippen molar-refractivity contribution < 1.29 is 13.6 Å². The zero-order valence-corrected chi connectivity index (χ0v) is 12.3. The molecule has 0 saturated carbocycles. The van der Waals surface area contributed by atoms with Crippen molar-refractivity contribution in [2.24, 2.45) is 0 Å². The quantitative estimate of drug-likeness (QED) is 0.749. The first-order valence-electron chi connectivity index (χ1n) is 5.20. The van der Waals surface area contributed by atoms with Crippen LogP contribution in [-0.2, 0) is 0 Å². The lowest BCUT2D eigenvalue weighted by Crippen LogP contribution is -2.14. The summed E-state index contributed by atoms with van der Waals surface area (Å²) in [5, 5.41) is 2.24. The van der Waals surface area contributed by atoms with Crippen molar-refractivity contribution in [3.63, 3.8) is 0 Å². The first kappa shape index (κ1) is 14.2. The number of benzene rings is 2. The number of anilines is 1. The van der Waals surface area contributed by atoms with Crippen molar-refractivity contribution in [2.45, 2.75) is 0 Å². The Morgan fingerprint density at radius 2 is 1.74 bits per heavy atom. The molecule has 2 aromatic rings. The average molecular weight is 394 g/mol. The number of rotatable bonds is 2. The molecule has 19 heavy (non-hydrogen) atoms. The Morgan fingerprint density at radius 1 is 1.11 bits per heavy atom. The van der Waals surface area contributed by atoms with E-state index in [1.54, 1.807) is 28.7 Å². The van der Waals surface area contributed by atoms with Gasteiger partial charge in [-0.2, -0.15) is 0 Å². The standard InChI is InChI=1S/C13H7ClF2INO/c14-11-7(3-1-4-8(11)15)13(19)18-10-6-2-5-9(16)12(10)17/h1-6H,(H,18,19). The van der Waals surface area contributed by atoms with Gasteiger partial charge in [-0.3, -0.25) is 4.79 Å². The highest BCUT2D eigenvalue weighted by atomic mass is 127. The molecule has 0 aliphatic carbocycles. The van der Waals surface area contributed by atoms with E-state index in [0.717, 1.165) is 6.07 Å². The molecule has 0 unspecified atom stereocenters. The molecular formula is C13H7ClF2INO. The molecule has 0 aliphatic heterocycles. The molecule has 1 N–H and O–H groups in total. The second kappa shape index (κ2) is 5.83. The summed E-state index contributed by atoms with van der Waals surface area (Å²) < 4.78 is 26.9. The predicted molar refractivity (Wildman–Crippen MR) is 78.5 cm³/mol. The fourth-order valence-electron chi connectivity index (χ4n) is 1.47. The molecule has 2 aromatic carbocycles. The third kappa shape index (κ3) is 3.03. The fraction of sp³-hybridized carbons (Fsp3) is 0. The summed E-state index contributed by atoms with van der Waals surface area (Å²) in [4.78, 5) is 12.0. The summed E-state index contributed by atoms with van der Waals surface area (Å²) in [6.45, 7) is 0. The molecule has 0 spiro atoms. The van der Waals surface area contributed by atoms with Crippen molar-refractivity contribution in [2.75, 3.05) is 5.32 Å². The van der Waals surface area contributed by atoms with Crippen LogP contribution in [0.4, 0.5) is 14.5 Å². The van der Waals surface area contributed by atoms with Crippen LogP contribution in [0.1, 0.15) is 10.4 Å². The van der Waals surface area contributed by atoms with Crippen LogP contribution in [0.2, 0.25) is 5.02 Å². The van der Waals surface area contributed by atoms with Gasteiger partial charge < -0.3 is 5.32 Å². The molecular weight excluding hydrogens is 387 g/mol. The van der Waals surface area contributed by atoms with Gasteiger partial charge in [-0.05, 0) is 46.9 Å². The van der Waals surface area contributed by atoms with Crippen LogP contribution in [0, 0.1) is 15.2 Å². The Labute approximate surface area is 126 Å². The third-order valence-electron chi connectivity index (χ3n) is 2.40. The van der Waals surface area contributed by atoms with E-state index in [2.05, 4.69) is 5.32 Å². The monoisotopic (exact) mass is 393 g/mol. The number of carbonyl (C=O) groups excluding carboxylic acids is 1. The van der Waals surface area contributed by atoms with E-state index in [1.165, 1.54) is 24.3 Å². The van der Waals surface area contributed by atoms with Gasteiger partial charge in [0, 0.05) is 0 Å². The summed E-state index contributed by atoms with van der Waals surface area (Å²) in [5.74, 6) is -1.71. The Kier molecular flexibility index (Phi) is 4.36. The normalized spacial score (nSPS) is 10.3. The van der Waals surface area contributed by atoms with Gasteiger partial charge in [0.2, 0.25) is 0 Å². The van der Waals surface area contributed by atoms with Crippen molar-refractivity contribution in [1.29, 1.82) is 0 Å². The van der Waals surface area contributed by atoms with Crippen LogP contribution >= 0.6 is 34.2 Å². The summed E-state index contributed by atoms with van der Waals surface area (Å²) in [5.41, 5.74) is 0.313. The molecule has 1 amide bonds. The number of hydrogen-bond acceptors (Lipinski definition) is 1. The number of carbonyl (C=O) groups is 1. The lowest BCUT2D eigenvalue weighted by atomic mass is 10.2. The highest BCUT2D eigenvalue weighted by Gasteiger charge is 2.15. The summed E-state index contributed by atoms with van der Waals surface area (Å²) in [7, 11) is 0. The van der Waals surface area contributed by atoms with E-state index in [-0.39, 0.29) is 14.2 Å². The SMILES string of the molecule is O=C(Nc1cccc(F)c1I)c1cccc(F)c1Cl. The minimum atomic E-state index is -0.678. The van der Waals surface area contributed by atoms with Gasteiger partial charge in [0.25, 0.3) is 5.91 Å². The molecule has 0 heterocycles. The van der Waals surface area contributed by atoms with Crippen LogP contribution in [0.15, 0.2) is 36.4 Å². The molecule has 0 bridgehead atoms. The van der Waals surface area contributed by atoms with Crippen LogP contribution in [0.3, 0.4) is 0 Å². The highest BCUT2D eigenvalue weighted by molar-refractivity contribution is 14.1. The summed E-state index contributed by atoms with van der Waals surface area (Å²) in [6.07, 6.45) is 0. The molecule has 2 rings (SSSR count). The predicted octanol–water partition coefficient (Wildman–Crippen LogP) is 4.48. The molecule has 0 radical (unpaired) electrons. The Balaban J connectivity index is 2.31. The first-order valence-corrected chi connectivity index (χ1v) is 6.65. The molecule has 0 fully saturated rings. The Hall–Kier alpha value is -1.21. The van der Waals surface area contributed by atoms with E-state index in [4.69, 9.17) is 11.6 Å². The molecule has 0 aliphatic rings. The van der Waals surface area contributed by atoms with E-state index in [0.29, 0.717) is 5.69 Å². The molecule has 6 heteroatoms. The minimum Gasteiger partial charge on any atom is -0.321 e. The fourth-order valence-corrected chi connectivity index (χ4v) is 2.18. The number of halogens is 4. The van der Waals surface area contributed by atoms with Crippen molar-refractivity contribution >= 4 is 45.8 Å². The second-order valence-electron chi connectivity index (χ2n) is 3.66. The van der Waals surface area contributed by atoms with Gasteiger partial charge in [-0.1, -0.05) is 23.7 Å². The van der Waals surface area contributed by atoms with Crippen molar-refractivity contribution in [3.05, 3.63) is 62.2 Å². The summed E-state index contributed by atoms with van der Waals surface area (Å²) >= 11 is 7.49. The van der Waals surface area contributed by atoms with Gasteiger partial charge in [-0.25, -0.2) is 8.78 Å². The number of amides is 1. The zero-order valence-electron chi connectivity index (χ0n) is 9.38. The Bertz CT molecular complexity index is 649. The van der Waals surface area contributed by atoms with E-state index in [9.17, 15) is 13.6 Å². The lowest BCUT2D eigenvalue weighted by molar-refractivity contribution is 0.102. The number of nitrogens with one attached hydrogen (secondary N) is 1. The second-order valence-corrected chi connectivity index (χ2v) is 5.11. The lowest BCUT2D eigenvalue weighted by Gasteiger charge is -2.09. The Morgan fingerprint density at radius 3 is 2.47 bits per heavy atom. The minimum absolute atomic E-state index is 0.00160. The van der Waals surface area contributed by atoms with E-state index in [1.807, 2.05) is 0 Å². The van der Waals surface area contributed by atoms with Crippen LogP contribution in [-0.4, -0.2) is 5.91 Å². The summed E-state index contributed by atoms with van der Waals surface area (Å²) in [6, 6.07) is 8.24. The van der Waals surface area contributed by atoms with Gasteiger partial charge in [0.05, 0.1) is 19.8 Å². The van der Waals surface area contributed by atoms with Crippen molar-refractivity contribution in [1.82, 2.24) is 0 Å². The van der Waals surface area contributed by atoms with Gasteiger partial charge in [-0.15, -0.1) is 0 Å². The topological polar surface area (TPSA) is 29.1 Å². The maximum atomic E-state index is 13.3. The van der Waals surface area contributed by atoms with Gasteiger partial charge in [0.1, 0.15) is 11.6 Å². The molecule has 2 nitrogen and oxygen atoms in total. The van der Waals surface area contributed by atoms with Crippen LogP contribution in [0.25, 0.3) is 0 Å². The zero-order chi connectivity index (χ0) is 14.0. The van der Waals surface area contributed by atoms with Crippen molar-refractivity contribution in [3.8, 4) is 0 Å². The molecule has 0 saturated heterocycles. The molecule has 0 aromatic heterocycles. The third-order valence-corrected chi connectivity index (χ3v) is 3.88. The van der Waals surface area contributed by atoms with Gasteiger partial charge in [0.15, 0.2) is 0 Å². The maximum absolute atomic E-state index is 13.3. The maximum Gasteiger partial charge on any atom is 0.257 e. The van der Waals surface area contributed by atoms with Crippen LogP contribution < -0.4 is 5.32 Å². The highest BCUT2D eigenvalue weighted by Crippen LogP contribution is 2.24. The van der Waals surface area contributed by atoms with Gasteiger partial charge >= 0.3 is 0 Å². The smallest absolute Gasteiger partial charge is 0.257 e. The van der Waals surface area contributed by atoms with E-state index < -0.39 is 17.5 Å². The first-order chi connectivity index (χ1) is 9.00. The van der Waals surface area contributed by atoms with E-state index >= 15 is 0 Å². The van der Waals surface area contributed by atoms with Crippen LogP contribution in [0.5, 0.6) is 0 Å². The largest absolute Gasteiger partial charge is 0.321 e. The molecule has 0 atom stereocenters. The number of hydrogen-bond donors (Lipinski definition) is 1.